The maximum absolute atomic E-state index is 12.3. The smallest absolute Gasteiger partial charge is 0.302 e. The first-order valence-corrected chi connectivity index (χ1v) is 10.5. The van der Waals surface area contributed by atoms with E-state index < -0.39 is 0 Å². The van der Waals surface area contributed by atoms with E-state index in [2.05, 4.69) is 20.8 Å². The van der Waals surface area contributed by atoms with Crippen LogP contribution in [0.1, 0.15) is 79.1 Å². The van der Waals surface area contributed by atoms with E-state index in [1.807, 2.05) is 0 Å². The van der Waals surface area contributed by atoms with Gasteiger partial charge in [0.2, 0.25) is 0 Å². The highest BCUT2D eigenvalue weighted by atomic mass is 16.5. The van der Waals surface area contributed by atoms with Crippen LogP contribution < -0.4 is 0 Å². The van der Waals surface area contributed by atoms with Crippen molar-refractivity contribution in [1.82, 2.24) is 0 Å². The minimum atomic E-state index is -0.121. The zero-order valence-electron chi connectivity index (χ0n) is 16.3. The number of ketones is 1. The van der Waals surface area contributed by atoms with Gasteiger partial charge in [-0.1, -0.05) is 20.8 Å². The summed E-state index contributed by atoms with van der Waals surface area (Å²) in [6, 6.07) is 0. The molecule has 0 aromatic carbocycles. The second-order valence-corrected chi connectivity index (χ2v) is 10.0. The molecule has 3 heteroatoms. The fourth-order valence-electron chi connectivity index (χ4n) is 7.87. The van der Waals surface area contributed by atoms with Gasteiger partial charge in [-0.25, -0.2) is 0 Å². The van der Waals surface area contributed by atoms with Crippen LogP contribution in [0.2, 0.25) is 0 Å². The summed E-state index contributed by atoms with van der Waals surface area (Å²) < 4.78 is 5.74. The molecular formula is C22H34O3. The molecule has 4 aliphatic rings. The maximum Gasteiger partial charge on any atom is 0.302 e. The van der Waals surface area contributed by atoms with Crippen LogP contribution >= 0.6 is 0 Å². The van der Waals surface area contributed by atoms with Crippen molar-refractivity contribution < 1.29 is 14.3 Å². The van der Waals surface area contributed by atoms with Crippen molar-refractivity contribution >= 4 is 11.8 Å². The van der Waals surface area contributed by atoms with E-state index in [-0.39, 0.29) is 23.4 Å². The molecule has 0 aromatic rings. The van der Waals surface area contributed by atoms with Gasteiger partial charge in [-0.15, -0.1) is 0 Å². The average Bonchev–Trinajstić information content (AvgIpc) is 2.88. The third-order valence-electron chi connectivity index (χ3n) is 9.18. The summed E-state index contributed by atoms with van der Waals surface area (Å²) in [6.45, 7) is 8.62. The van der Waals surface area contributed by atoms with Crippen LogP contribution in [0.15, 0.2) is 0 Å². The molecule has 5 unspecified atom stereocenters. The first-order chi connectivity index (χ1) is 11.8. The second-order valence-electron chi connectivity index (χ2n) is 10.0. The molecule has 25 heavy (non-hydrogen) atoms. The van der Waals surface area contributed by atoms with E-state index >= 15 is 0 Å². The standard InChI is InChI=1S/C22H34O3/c1-13-16-6-5-15-17-7-8-20(25-14(2)23)22(17,4)11-9-18(15)21(16,3)12-10-19(13)24/h13,15-18,20H,5-12H2,1-4H3/t13?,15?,16?,17?,18?,20-,21-,22-/m0/s1. The molecule has 0 aromatic heterocycles. The van der Waals surface area contributed by atoms with E-state index in [0.29, 0.717) is 23.0 Å². The quantitative estimate of drug-likeness (QED) is 0.642. The molecule has 0 radical (unpaired) electrons. The predicted octanol–water partition coefficient (Wildman–Crippen LogP) is 4.78. The molecular weight excluding hydrogens is 312 g/mol. The van der Waals surface area contributed by atoms with E-state index in [1.54, 1.807) is 6.92 Å². The van der Waals surface area contributed by atoms with Crippen molar-refractivity contribution in [3.8, 4) is 0 Å². The summed E-state index contributed by atoms with van der Waals surface area (Å²) in [5, 5.41) is 0. The first kappa shape index (κ1) is 17.5. The Kier molecular flexibility index (Phi) is 4.09. The summed E-state index contributed by atoms with van der Waals surface area (Å²) in [7, 11) is 0. The van der Waals surface area contributed by atoms with Crippen molar-refractivity contribution in [2.24, 2.45) is 40.4 Å². The van der Waals surface area contributed by atoms with E-state index in [9.17, 15) is 9.59 Å². The van der Waals surface area contributed by atoms with Gasteiger partial charge in [-0.2, -0.15) is 0 Å². The van der Waals surface area contributed by atoms with Crippen molar-refractivity contribution in [1.29, 1.82) is 0 Å². The molecule has 4 rings (SSSR count). The van der Waals surface area contributed by atoms with Crippen molar-refractivity contribution in [2.75, 3.05) is 0 Å². The van der Waals surface area contributed by atoms with E-state index in [4.69, 9.17) is 4.74 Å². The molecule has 140 valence electrons. The maximum atomic E-state index is 12.3. The van der Waals surface area contributed by atoms with E-state index in [0.717, 1.165) is 31.1 Å². The van der Waals surface area contributed by atoms with Gasteiger partial charge in [0, 0.05) is 24.7 Å². The first-order valence-electron chi connectivity index (χ1n) is 10.5. The molecule has 0 bridgehead atoms. The third kappa shape index (κ3) is 2.44. The van der Waals surface area contributed by atoms with Crippen molar-refractivity contribution in [2.45, 2.75) is 85.2 Å². The molecule has 8 atom stereocenters. The number of esters is 1. The molecule has 3 nitrogen and oxygen atoms in total. The average molecular weight is 347 g/mol. The molecule has 0 spiro atoms. The van der Waals surface area contributed by atoms with Gasteiger partial charge >= 0.3 is 5.97 Å². The minimum Gasteiger partial charge on any atom is -0.462 e. The lowest BCUT2D eigenvalue weighted by atomic mass is 9.44. The van der Waals surface area contributed by atoms with Gasteiger partial charge in [0.25, 0.3) is 0 Å². The van der Waals surface area contributed by atoms with Gasteiger partial charge < -0.3 is 4.74 Å². The molecule has 0 amide bonds. The minimum absolute atomic E-state index is 0.119. The summed E-state index contributed by atoms with van der Waals surface area (Å²) in [4.78, 5) is 23.8. The Bertz CT molecular complexity index is 584. The number of hydrogen-bond donors (Lipinski definition) is 0. The molecule has 0 heterocycles. The fraction of sp³-hybridized carbons (Fsp3) is 0.909. The number of hydrogen-bond acceptors (Lipinski definition) is 3. The Balaban J connectivity index is 1.60. The Labute approximate surface area is 152 Å². The van der Waals surface area contributed by atoms with Gasteiger partial charge in [-0.3, -0.25) is 9.59 Å². The monoisotopic (exact) mass is 346 g/mol. The largest absolute Gasteiger partial charge is 0.462 e. The highest BCUT2D eigenvalue weighted by Gasteiger charge is 2.61. The zero-order chi connectivity index (χ0) is 18.0. The number of fused-ring (bicyclic) bond motifs is 5. The van der Waals surface area contributed by atoms with Crippen LogP contribution in [0.4, 0.5) is 0 Å². The van der Waals surface area contributed by atoms with Gasteiger partial charge in [0.1, 0.15) is 11.9 Å². The topological polar surface area (TPSA) is 43.4 Å². The molecule has 4 fully saturated rings. The van der Waals surface area contributed by atoms with Crippen LogP contribution in [-0.2, 0) is 14.3 Å². The van der Waals surface area contributed by atoms with Gasteiger partial charge in [0.05, 0.1) is 0 Å². The molecule has 4 aliphatic carbocycles. The number of Topliss-reactive ketones (excluding diaryl/α,β-unsaturated/α-hetero) is 1. The lowest BCUT2D eigenvalue weighted by molar-refractivity contribution is -0.165. The predicted molar refractivity (Wildman–Crippen MR) is 96.8 cm³/mol. The number of carbonyl (C=O) groups is 2. The van der Waals surface area contributed by atoms with Crippen molar-refractivity contribution in [3.05, 3.63) is 0 Å². The van der Waals surface area contributed by atoms with Crippen molar-refractivity contribution in [3.63, 3.8) is 0 Å². The highest BCUT2D eigenvalue weighted by molar-refractivity contribution is 5.82. The number of ether oxygens (including phenoxy) is 1. The lowest BCUT2D eigenvalue weighted by Gasteiger charge is -2.61. The van der Waals surface area contributed by atoms with Crippen LogP contribution in [0, 0.1) is 40.4 Å². The SMILES string of the molecule is CC(=O)O[C@H]1CCC2C3CCC4C(C)C(=O)CC[C@]4(C)C3CC[C@@]21C. The van der Waals surface area contributed by atoms with Crippen LogP contribution in [-0.4, -0.2) is 17.9 Å². The number of carbonyl (C=O) groups excluding carboxylic acids is 2. The fourth-order valence-corrected chi connectivity index (χ4v) is 7.87. The molecule has 4 saturated carbocycles. The number of rotatable bonds is 1. The van der Waals surface area contributed by atoms with E-state index in [1.165, 1.54) is 32.1 Å². The Morgan fingerprint density at radius 3 is 2.36 bits per heavy atom. The Hall–Kier alpha value is -0.860. The lowest BCUT2D eigenvalue weighted by Crippen LogP contribution is -2.56. The highest BCUT2D eigenvalue weighted by Crippen LogP contribution is 2.66. The Morgan fingerprint density at radius 2 is 1.64 bits per heavy atom. The van der Waals surface area contributed by atoms with Crippen LogP contribution in [0.25, 0.3) is 0 Å². The van der Waals surface area contributed by atoms with Gasteiger partial charge in [0.15, 0.2) is 0 Å². The third-order valence-corrected chi connectivity index (χ3v) is 9.18. The normalized spacial score (nSPS) is 52.1. The second kappa shape index (κ2) is 5.82. The Morgan fingerprint density at radius 1 is 0.960 bits per heavy atom. The van der Waals surface area contributed by atoms with Crippen LogP contribution in [0.5, 0.6) is 0 Å². The molecule has 0 aliphatic heterocycles. The summed E-state index contributed by atoms with van der Waals surface area (Å²) in [6.07, 6.45) is 9.18. The van der Waals surface area contributed by atoms with Gasteiger partial charge in [-0.05, 0) is 74.0 Å². The molecule has 0 N–H and O–H groups in total. The summed E-state index contributed by atoms with van der Waals surface area (Å²) >= 11 is 0. The summed E-state index contributed by atoms with van der Waals surface area (Å²) in [5.41, 5.74) is 0.517. The summed E-state index contributed by atoms with van der Waals surface area (Å²) in [5.74, 6) is 3.44. The zero-order valence-corrected chi connectivity index (χ0v) is 16.3. The molecule has 0 saturated heterocycles. The van der Waals surface area contributed by atoms with Crippen LogP contribution in [0.3, 0.4) is 0 Å².